The van der Waals surface area contributed by atoms with Crippen LogP contribution in [0.5, 0.6) is 0 Å². The van der Waals surface area contributed by atoms with E-state index in [0.717, 1.165) is 38.8 Å². The molecule has 0 radical (unpaired) electrons. The highest BCUT2D eigenvalue weighted by molar-refractivity contribution is 7.27. The van der Waals surface area contributed by atoms with E-state index in [1.165, 1.54) is 5.56 Å². The molecule has 198 valence electrons. The summed E-state index contributed by atoms with van der Waals surface area (Å²) in [5.74, 6) is -0.133. The van der Waals surface area contributed by atoms with Crippen LogP contribution in [0.1, 0.15) is 59.7 Å². The SMILES string of the molecule is C=C/C(C#N)=C\C(=C/C)c1ccc(N2C(=O)[C@H](CCC(O)c3ccc(P)cc3)C2c2ccc(C)cc2C)cc1. The molecule has 1 aliphatic heterocycles. The molecule has 1 amide bonds. The highest BCUT2D eigenvalue weighted by Crippen LogP contribution is 2.47. The number of hydrogen-bond acceptors (Lipinski definition) is 3. The summed E-state index contributed by atoms with van der Waals surface area (Å²) in [6, 6.07) is 24.1. The van der Waals surface area contributed by atoms with Gasteiger partial charge in [-0.1, -0.05) is 78.9 Å². The molecule has 0 aromatic heterocycles. The smallest absolute Gasteiger partial charge is 0.233 e. The first-order chi connectivity index (χ1) is 18.8. The number of allylic oxidation sites excluding steroid dienone is 5. The zero-order chi connectivity index (χ0) is 28.1. The Kier molecular flexibility index (Phi) is 8.97. The van der Waals surface area contributed by atoms with Gasteiger partial charge < -0.3 is 10.0 Å². The molecule has 1 N–H and O–H groups in total. The molecule has 0 bridgehead atoms. The number of nitriles is 1. The van der Waals surface area contributed by atoms with Crippen LogP contribution in [0.3, 0.4) is 0 Å². The van der Waals surface area contributed by atoms with Crippen molar-refractivity contribution in [1.82, 2.24) is 0 Å². The number of aliphatic hydroxyl groups excluding tert-OH is 1. The Morgan fingerprint density at radius 2 is 1.82 bits per heavy atom. The lowest BCUT2D eigenvalue weighted by Gasteiger charge is -2.48. The molecule has 3 unspecified atom stereocenters. The summed E-state index contributed by atoms with van der Waals surface area (Å²) in [5.41, 5.74) is 7.56. The first-order valence-corrected chi connectivity index (χ1v) is 13.8. The zero-order valence-electron chi connectivity index (χ0n) is 22.8. The number of β-lactam (4-membered cyclic amide) rings is 1. The van der Waals surface area contributed by atoms with Gasteiger partial charge in [0.05, 0.1) is 29.7 Å². The summed E-state index contributed by atoms with van der Waals surface area (Å²) in [5, 5.41) is 21.2. The van der Waals surface area contributed by atoms with E-state index < -0.39 is 6.10 Å². The minimum absolute atomic E-state index is 0.0739. The van der Waals surface area contributed by atoms with E-state index in [-0.39, 0.29) is 17.9 Å². The number of rotatable bonds is 9. The van der Waals surface area contributed by atoms with Gasteiger partial charge in [0.2, 0.25) is 5.91 Å². The van der Waals surface area contributed by atoms with Gasteiger partial charge in [0, 0.05) is 5.69 Å². The maximum Gasteiger partial charge on any atom is 0.233 e. The minimum atomic E-state index is -0.613. The summed E-state index contributed by atoms with van der Waals surface area (Å²) in [7, 11) is 2.65. The van der Waals surface area contributed by atoms with Crippen molar-refractivity contribution in [3.05, 3.63) is 125 Å². The summed E-state index contributed by atoms with van der Waals surface area (Å²) < 4.78 is 0. The van der Waals surface area contributed by atoms with Crippen LogP contribution in [-0.4, -0.2) is 11.0 Å². The van der Waals surface area contributed by atoms with Crippen molar-refractivity contribution in [3.63, 3.8) is 0 Å². The molecule has 39 heavy (non-hydrogen) atoms. The molecule has 3 aromatic carbocycles. The van der Waals surface area contributed by atoms with E-state index >= 15 is 0 Å². The predicted octanol–water partition coefficient (Wildman–Crippen LogP) is 7.06. The number of nitrogens with zero attached hydrogens (tertiary/aromatic N) is 2. The molecule has 0 aliphatic carbocycles. The largest absolute Gasteiger partial charge is 0.388 e. The van der Waals surface area contributed by atoms with Crippen LogP contribution in [0.15, 0.2) is 97.1 Å². The van der Waals surface area contributed by atoms with Gasteiger partial charge in [0.15, 0.2) is 0 Å². The van der Waals surface area contributed by atoms with Crippen molar-refractivity contribution in [3.8, 4) is 6.07 Å². The normalized spacial score (nSPS) is 18.4. The Balaban J connectivity index is 1.61. The Hall–Kier alpha value is -3.77. The van der Waals surface area contributed by atoms with E-state index in [0.29, 0.717) is 18.4 Å². The number of aliphatic hydroxyl groups is 1. The average molecular weight is 535 g/mol. The van der Waals surface area contributed by atoms with E-state index in [4.69, 9.17) is 0 Å². The van der Waals surface area contributed by atoms with Gasteiger partial charge in [-0.15, -0.1) is 9.24 Å². The molecule has 1 aliphatic rings. The second-order valence-corrected chi connectivity index (χ2v) is 10.8. The van der Waals surface area contributed by atoms with Gasteiger partial charge in [-0.25, -0.2) is 0 Å². The third kappa shape index (κ3) is 6.12. The molecule has 3 aromatic rings. The van der Waals surface area contributed by atoms with Gasteiger partial charge in [-0.2, -0.15) is 5.26 Å². The number of benzene rings is 3. The molecule has 4 nitrogen and oxygen atoms in total. The maximum absolute atomic E-state index is 13.6. The van der Waals surface area contributed by atoms with Crippen molar-refractivity contribution in [1.29, 1.82) is 5.26 Å². The van der Waals surface area contributed by atoms with E-state index in [1.54, 1.807) is 6.08 Å². The number of aryl methyl sites for hydroxylation is 2. The van der Waals surface area contributed by atoms with Crippen molar-refractivity contribution < 1.29 is 9.90 Å². The Morgan fingerprint density at radius 3 is 2.41 bits per heavy atom. The molecule has 0 saturated carbocycles. The molecule has 5 heteroatoms. The highest BCUT2D eigenvalue weighted by atomic mass is 31.0. The lowest BCUT2D eigenvalue weighted by molar-refractivity contribution is -0.131. The molecule has 1 heterocycles. The first-order valence-electron chi connectivity index (χ1n) is 13.2. The third-order valence-electron chi connectivity index (χ3n) is 7.48. The second kappa shape index (κ2) is 12.4. The van der Waals surface area contributed by atoms with Gasteiger partial charge in [0.25, 0.3) is 0 Å². The highest BCUT2D eigenvalue weighted by Gasteiger charge is 2.48. The van der Waals surface area contributed by atoms with Crippen LogP contribution < -0.4 is 10.2 Å². The fourth-order valence-electron chi connectivity index (χ4n) is 5.31. The van der Waals surface area contributed by atoms with Crippen LogP contribution >= 0.6 is 9.24 Å². The van der Waals surface area contributed by atoms with Gasteiger partial charge >= 0.3 is 0 Å². The lowest BCUT2D eigenvalue weighted by atomic mass is 9.77. The van der Waals surface area contributed by atoms with Crippen molar-refractivity contribution >= 4 is 31.7 Å². The Morgan fingerprint density at radius 1 is 1.13 bits per heavy atom. The second-order valence-electron chi connectivity index (χ2n) is 10.1. The summed E-state index contributed by atoms with van der Waals surface area (Å²) in [6.07, 6.45) is 5.81. The molecule has 4 rings (SSSR count). The maximum atomic E-state index is 13.6. The van der Waals surface area contributed by atoms with Gasteiger partial charge in [0.1, 0.15) is 0 Å². The van der Waals surface area contributed by atoms with Crippen molar-refractivity contribution in [2.45, 2.75) is 45.8 Å². The first kappa shape index (κ1) is 28.2. The van der Waals surface area contributed by atoms with Crippen LogP contribution in [0.25, 0.3) is 5.57 Å². The van der Waals surface area contributed by atoms with Gasteiger partial charge in [-0.3, -0.25) is 4.79 Å². The molecular formula is C34H35N2O2P. The Labute approximate surface area is 234 Å². The van der Waals surface area contributed by atoms with Crippen LogP contribution in [0.2, 0.25) is 0 Å². The van der Waals surface area contributed by atoms with E-state index in [1.807, 2.05) is 72.5 Å². The molecule has 0 spiro atoms. The topological polar surface area (TPSA) is 64.3 Å². The summed E-state index contributed by atoms with van der Waals surface area (Å²) >= 11 is 0. The number of hydrogen-bond donors (Lipinski definition) is 1. The quantitative estimate of drug-likeness (QED) is 0.138. The number of carbonyl (C=O) groups excluding carboxylic acids is 1. The zero-order valence-corrected chi connectivity index (χ0v) is 23.9. The fourth-order valence-corrected chi connectivity index (χ4v) is 5.50. The van der Waals surface area contributed by atoms with E-state index in [9.17, 15) is 15.2 Å². The lowest BCUT2D eigenvalue weighted by Crippen LogP contribution is -2.55. The third-order valence-corrected chi connectivity index (χ3v) is 7.86. The van der Waals surface area contributed by atoms with Crippen LogP contribution in [0.4, 0.5) is 5.69 Å². The average Bonchev–Trinajstić information content (AvgIpc) is 2.94. The van der Waals surface area contributed by atoms with Gasteiger partial charge in [-0.05, 0) is 85.0 Å². The molecule has 1 saturated heterocycles. The van der Waals surface area contributed by atoms with Crippen molar-refractivity contribution in [2.75, 3.05) is 4.90 Å². The van der Waals surface area contributed by atoms with E-state index in [2.05, 4.69) is 53.9 Å². The molecule has 1 fully saturated rings. The van der Waals surface area contributed by atoms with Crippen LogP contribution in [-0.2, 0) is 4.79 Å². The predicted molar refractivity (Wildman–Crippen MR) is 164 cm³/mol. The Bertz CT molecular complexity index is 1460. The molecule has 4 atom stereocenters. The standard InChI is InChI=1S/C34H35N2O2P/c1-5-24(21-35)20-25(6-2)26-8-12-28(13-9-26)36-33(30-16-7-22(3)19-23(30)4)31(34(36)38)17-18-32(37)27-10-14-29(39)15-11-27/h5-16,19-20,31-33,37H,1,17-18,39H2,2-4H3/b24-20+,25-6+/t31-,32?,33?/m1/s1. The number of carbonyl (C=O) groups is 1. The summed E-state index contributed by atoms with van der Waals surface area (Å²) in [4.78, 5) is 15.5. The summed E-state index contributed by atoms with van der Waals surface area (Å²) in [6.45, 7) is 9.80. The molecular weight excluding hydrogens is 499 g/mol. The fraction of sp³-hybridized carbons (Fsp3) is 0.235. The number of anilines is 1. The number of amides is 1. The van der Waals surface area contributed by atoms with Crippen molar-refractivity contribution in [2.24, 2.45) is 5.92 Å². The monoisotopic (exact) mass is 534 g/mol. The minimum Gasteiger partial charge on any atom is -0.388 e. The van der Waals surface area contributed by atoms with Crippen LogP contribution in [0, 0.1) is 31.1 Å².